The van der Waals surface area contributed by atoms with Gasteiger partial charge in [-0.2, -0.15) is 0 Å². The first kappa shape index (κ1) is 16.7. The number of carbonyl (C=O) groups is 1. The van der Waals surface area contributed by atoms with Gasteiger partial charge in [-0.3, -0.25) is 4.79 Å². The van der Waals surface area contributed by atoms with Gasteiger partial charge < -0.3 is 14.8 Å². The van der Waals surface area contributed by atoms with Crippen molar-refractivity contribution >= 4 is 15.9 Å². The van der Waals surface area contributed by atoms with Crippen LogP contribution in [0.3, 0.4) is 0 Å². The standard InChI is InChI=1S/C12H20N2O5S/c1-8(7-15)9(2)13-12(16)10-5-6-11(19-10)20(17,18)14(3)4/h5-6,8-9,15H,7H2,1-4H3,(H,13,16). The number of nitrogens with zero attached hydrogens (tertiary/aromatic N) is 1. The van der Waals surface area contributed by atoms with Crippen LogP contribution in [0.25, 0.3) is 0 Å². The molecule has 2 N–H and O–H groups in total. The van der Waals surface area contributed by atoms with Crippen molar-refractivity contribution in [1.82, 2.24) is 9.62 Å². The lowest BCUT2D eigenvalue weighted by Crippen LogP contribution is -2.38. The number of rotatable bonds is 6. The fourth-order valence-corrected chi connectivity index (χ4v) is 2.13. The molecule has 0 saturated carbocycles. The Morgan fingerprint density at radius 1 is 1.40 bits per heavy atom. The van der Waals surface area contributed by atoms with Crippen molar-refractivity contribution in [3.05, 3.63) is 17.9 Å². The van der Waals surface area contributed by atoms with Crippen LogP contribution in [0.4, 0.5) is 0 Å². The van der Waals surface area contributed by atoms with Crippen LogP contribution in [0.1, 0.15) is 24.4 Å². The molecule has 0 radical (unpaired) electrons. The summed E-state index contributed by atoms with van der Waals surface area (Å²) < 4.78 is 29.7. The summed E-state index contributed by atoms with van der Waals surface area (Å²) in [5.41, 5.74) is 0. The lowest BCUT2D eigenvalue weighted by atomic mass is 10.1. The van der Waals surface area contributed by atoms with Crippen molar-refractivity contribution in [2.45, 2.75) is 25.0 Å². The number of furan rings is 1. The van der Waals surface area contributed by atoms with Gasteiger partial charge >= 0.3 is 0 Å². The highest BCUT2D eigenvalue weighted by atomic mass is 32.2. The summed E-state index contributed by atoms with van der Waals surface area (Å²) in [4.78, 5) is 11.9. The number of sulfonamides is 1. The first-order chi connectivity index (χ1) is 9.20. The fraction of sp³-hybridized carbons (Fsp3) is 0.583. The highest BCUT2D eigenvalue weighted by Crippen LogP contribution is 2.17. The minimum atomic E-state index is -3.69. The van der Waals surface area contributed by atoms with E-state index in [4.69, 9.17) is 9.52 Å². The van der Waals surface area contributed by atoms with Gasteiger partial charge in [0.1, 0.15) is 0 Å². The van der Waals surface area contributed by atoms with Crippen LogP contribution in [0.15, 0.2) is 21.6 Å². The summed E-state index contributed by atoms with van der Waals surface area (Å²) in [5, 5.41) is 11.4. The first-order valence-electron chi connectivity index (χ1n) is 6.14. The Morgan fingerprint density at radius 3 is 2.50 bits per heavy atom. The van der Waals surface area contributed by atoms with E-state index in [0.717, 1.165) is 4.31 Å². The Labute approximate surface area is 118 Å². The average molecular weight is 304 g/mol. The van der Waals surface area contributed by atoms with E-state index in [9.17, 15) is 13.2 Å². The Morgan fingerprint density at radius 2 is 2.00 bits per heavy atom. The van der Waals surface area contributed by atoms with Gasteiger partial charge in [-0.05, 0) is 25.0 Å². The summed E-state index contributed by atoms with van der Waals surface area (Å²) in [5.74, 6) is -0.709. The van der Waals surface area contributed by atoms with E-state index in [-0.39, 0.29) is 29.4 Å². The van der Waals surface area contributed by atoms with Crippen molar-refractivity contribution < 1.29 is 22.7 Å². The predicted octanol–water partition coefficient (Wildman–Crippen LogP) is 0.277. The summed E-state index contributed by atoms with van der Waals surface area (Å²) in [6.07, 6.45) is 0. The molecular weight excluding hydrogens is 284 g/mol. The fourth-order valence-electron chi connectivity index (χ4n) is 1.34. The Bertz CT molecular complexity index is 564. The van der Waals surface area contributed by atoms with Crippen LogP contribution in [0.5, 0.6) is 0 Å². The number of aliphatic hydroxyl groups excluding tert-OH is 1. The van der Waals surface area contributed by atoms with Crippen LogP contribution in [-0.4, -0.2) is 50.5 Å². The van der Waals surface area contributed by atoms with Crippen LogP contribution in [-0.2, 0) is 10.0 Å². The molecule has 8 heteroatoms. The second-order valence-electron chi connectivity index (χ2n) is 4.83. The minimum absolute atomic E-state index is 0.0557. The van der Waals surface area contributed by atoms with Crippen molar-refractivity contribution in [2.75, 3.05) is 20.7 Å². The van der Waals surface area contributed by atoms with Crippen LogP contribution >= 0.6 is 0 Å². The number of hydrogen-bond acceptors (Lipinski definition) is 5. The molecule has 7 nitrogen and oxygen atoms in total. The van der Waals surface area contributed by atoms with Gasteiger partial charge in [-0.15, -0.1) is 0 Å². The van der Waals surface area contributed by atoms with E-state index >= 15 is 0 Å². The molecule has 1 heterocycles. The molecule has 0 saturated heterocycles. The van der Waals surface area contributed by atoms with E-state index in [0.29, 0.717) is 0 Å². The van der Waals surface area contributed by atoms with Crippen molar-refractivity contribution in [3.8, 4) is 0 Å². The molecule has 1 amide bonds. The number of carbonyl (C=O) groups excluding carboxylic acids is 1. The van der Waals surface area contributed by atoms with Crippen molar-refractivity contribution in [2.24, 2.45) is 5.92 Å². The first-order valence-corrected chi connectivity index (χ1v) is 7.58. The minimum Gasteiger partial charge on any atom is -0.438 e. The summed E-state index contributed by atoms with van der Waals surface area (Å²) >= 11 is 0. The monoisotopic (exact) mass is 304 g/mol. The van der Waals surface area contributed by atoms with E-state index in [1.165, 1.54) is 26.2 Å². The molecule has 1 aromatic heterocycles. The summed E-state index contributed by atoms with van der Waals surface area (Å²) in [6, 6.07) is 2.29. The molecule has 0 aliphatic heterocycles. The average Bonchev–Trinajstić information content (AvgIpc) is 2.87. The summed E-state index contributed by atoms with van der Waals surface area (Å²) in [7, 11) is -0.937. The number of nitrogens with one attached hydrogen (secondary N) is 1. The van der Waals surface area contributed by atoms with Gasteiger partial charge in [0.2, 0.25) is 5.09 Å². The lowest BCUT2D eigenvalue weighted by molar-refractivity contribution is 0.0882. The molecule has 1 rings (SSSR count). The maximum Gasteiger partial charge on any atom is 0.287 e. The second kappa shape index (κ2) is 6.38. The maximum absolute atomic E-state index is 11.9. The Kier molecular flexibility index (Phi) is 5.32. The topological polar surface area (TPSA) is 99.8 Å². The van der Waals surface area contributed by atoms with Gasteiger partial charge in [-0.1, -0.05) is 6.92 Å². The normalized spacial score (nSPS) is 15.1. The molecule has 0 bridgehead atoms. The molecule has 2 unspecified atom stereocenters. The van der Waals surface area contributed by atoms with E-state index in [1.54, 1.807) is 13.8 Å². The van der Waals surface area contributed by atoms with Crippen molar-refractivity contribution in [3.63, 3.8) is 0 Å². The summed E-state index contributed by atoms with van der Waals surface area (Å²) in [6.45, 7) is 3.48. The third-order valence-corrected chi connectivity index (χ3v) is 4.73. The second-order valence-corrected chi connectivity index (χ2v) is 6.91. The molecule has 0 spiro atoms. The van der Waals surface area contributed by atoms with Gasteiger partial charge in [0.25, 0.3) is 15.9 Å². The number of hydrogen-bond donors (Lipinski definition) is 2. The zero-order valence-electron chi connectivity index (χ0n) is 12.0. The quantitative estimate of drug-likeness (QED) is 0.786. The smallest absolute Gasteiger partial charge is 0.287 e. The predicted molar refractivity (Wildman–Crippen MR) is 72.8 cm³/mol. The molecule has 2 atom stereocenters. The van der Waals surface area contributed by atoms with Crippen LogP contribution in [0, 0.1) is 5.92 Å². The molecule has 20 heavy (non-hydrogen) atoms. The Hall–Kier alpha value is -1.38. The van der Waals surface area contributed by atoms with Gasteiger partial charge in [-0.25, -0.2) is 12.7 Å². The SMILES string of the molecule is CC(CO)C(C)NC(=O)c1ccc(S(=O)(=O)N(C)C)o1. The molecule has 0 aromatic carbocycles. The largest absolute Gasteiger partial charge is 0.438 e. The van der Waals surface area contributed by atoms with Gasteiger partial charge in [0, 0.05) is 26.7 Å². The van der Waals surface area contributed by atoms with Crippen molar-refractivity contribution in [1.29, 1.82) is 0 Å². The molecular formula is C12H20N2O5S. The third-order valence-electron chi connectivity index (χ3n) is 3.04. The Balaban J connectivity index is 2.85. The van der Waals surface area contributed by atoms with Gasteiger partial charge in [0.05, 0.1) is 0 Å². The molecule has 0 aliphatic carbocycles. The van der Waals surface area contributed by atoms with Gasteiger partial charge in [0.15, 0.2) is 5.76 Å². The molecule has 114 valence electrons. The van der Waals surface area contributed by atoms with Crippen LogP contribution in [0.2, 0.25) is 0 Å². The van der Waals surface area contributed by atoms with Crippen LogP contribution < -0.4 is 5.32 Å². The van der Waals surface area contributed by atoms with E-state index in [2.05, 4.69) is 5.32 Å². The third kappa shape index (κ3) is 3.59. The highest BCUT2D eigenvalue weighted by molar-refractivity contribution is 7.88. The maximum atomic E-state index is 11.9. The van der Waals surface area contributed by atoms with E-state index in [1.807, 2.05) is 0 Å². The molecule has 0 aliphatic rings. The van der Waals surface area contributed by atoms with E-state index < -0.39 is 15.9 Å². The molecule has 1 aromatic rings. The zero-order chi connectivity index (χ0) is 15.5. The number of aliphatic hydroxyl groups is 1. The highest BCUT2D eigenvalue weighted by Gasteiger charge is 2.24. The lowest BCUT2D eigenvalue weighted by Gasteiger charge is -2.18. The molecule has 0 fully saturated rings. The zero-order valence-corrected chi connectivity index (χ0v) is 12.8. The number of amides is 1.